The number of pyridine rings is 2. The van der Waals surface area contributed by atoms with Crippen LogP contribution >= 0.6 is 0 Å². The molecule has 0 aliphatic heterocycles. The second-order valence-corrected chi connectivity index (χ2v) is 3.50. The molecule has 0 N–H and O–H groups in total. The van der Waals surface area contributed by atoms with E-state index in [4.69, 9.17) is 0 Å². The normalized spacial score (nSPS) is 10.0. The van der Waals surface area contributed by atoms with Crippen molar-refractivity contribution in [2.75, 3.05) is 0 Å². The third-order valence-electron chi connectivity index (χ3n) is 2.31. The molecule has 0 aromatic carbocycles. The Bertz CT molecular complexity index is 454. The molecule has 2 heterocycles. The number of carbonyl (C=O) groups excluding carboxylic acids is 1. The van der Waals surface area contributed by atoms with Gasteiger partial charge in [0.05, 0.1) is 0 Å². The predicted molar refractivity (Wildman–Crippen MR) is 61.1 cm³/mol. The molecule has 0 aliphatic carbocycles. The highest BCUT2D eigenvalue weighted by Crippen LogP contribution is 2.05. The molecule has 2 rings (SSSR count). The van der Waals surface area contributed by atoms with Gasteiger partial charge in [-0.15, -0.1) is 0 Å². The zero-order valence-electron chi connectivity index (χ0n) is 8.84. The maximum atomic E-state index is 11.7. The molecule has 0 aliphatic rings. The number of nitrogens with zero attached hydrogens (tertiary/aromatic N) is 2. The van der Waals surface area contributed by atoms with Crippen LogP contribution in [-0.2, 0) is 6.42 Å². The third-order valence-corrected chi connectivity index (χ3v) is 2.31. The Balaban J connectivity index is 1.95. The Kier molecular flexibility index (Phi) is 3.38. The first-order chi connectivity index (χ1) is 7.86. The molecule has 2 aromatic rings. The van der Waals surface area contributed by atoms with Gasteiger partial charge in [0.2, 0.25) is 0 Å². The smallest absolute Gasteiger partial charge is 0.181 e. The monoisotopic (exact) mass is 212 g/mol. The average molecular weight is 212 g/mol. The highest BCUT2D eigenvalue weighted by Gasteiger charge is 2.06. The van der Waals surface area contributed by atoms with Crippen molar-refractivity contribution >= 4 is 5.78 Å². The molecule has 0 radical (unpaired) electrons. The summed E-state index contributed by atoms with van der Waals surface area (Å²) in [5.41, 5.74) is 1.61. The quantitative estimate of drug-likeness (QED) is 0.730. The molecule has 80 valence electrons. The summed E-state index contributed by atoms with van der Waals surface area (Å²) in [6.45, 7) is 0. The van der Waals surface area contributed by atoms with Crippen LogP contribution in [0, 0.1) is 0 Å². The van der Waals surface area contributed by atoms with Gasteiger partial charge in [-0.3, -0.25) is 14.8 Å². The Morgan fingerprint density at radius 3 is 2.75 bits per heavy atom. The molecule has 0 spiro atoms. The summed E-state index contributed by atoms with van der Waals surface area (Å²) in [7, 11) is 0. The van der Waals surface area contributed by atoms with Crippen LogP contribution in [0.15, 0.2) is 48.9 Å². The highest BCUT2D eigenvalue weighted by molar-refractivity contribution is 5.94. The van der Waals surface area contributed by atoms with Crippen LogP contribution in [-0.4, -0.2) is 15.8 Å². The summed E-state index contributed by atoms with van der Waals surface area (Å²) >= 11 is 0. The second-order valence-electron chi connectivity index (χ2n) is 3.50. The summed E-state index contributed by atoms with van der Waals surface area (Å²) in [5, 5.41) is 0. The lowest BCUT2D eigenvalue weighted by Crippen LogP contribution is -2.03. The van der Waals surface area contributed by atoms with E-state index in [0.29, 0.717) is 18.5 Å². The van der Waals surface area contributed by atoms with Crippen LogP contribution in [0.3, 0.4) is 0 Å². The number of carbonyl (C=O) groups is 1. The lowest BCUT2D eigenvalue weighted by atomic mass is 10.1. The van der Waals surface area contributed by atoms with Gasteiger partial charge in [-0.1, -0.05) is 12.1 Å². The first kappa shape index (κ1) is 10.5. The molecule has 16 heavy (non-hydrogen) atoms. The van der Waals surface area contributed by atoms with Crippen LogP contribution in [0.25, 0.3) is 0 Å². The summed E-state index contributed by atoms with van der Waals surface area (Å²) in [6.07, 6.45) is 6.33. The molecule has 0 fully saturated rings. The van der Waals surface area contributed by atoms with E-state index >= 15 is 0 Å². The minimum Gasteiger partial charge on any atom is -0.292 e. The number of hydrogen-bond acceptors (Lipinski definition) is 3. The molecular weight excluding hydrogens is 200 g/mol. The second kappa shape index (κ2) is 5.16. The summed E-state index contributed by atoms with van der Waals surface area (Å²) < 4.78 is 0. The lowest BCUT2D eigenvalue weighted by Gasteiger charge is -2.00. The minimum absolute atomic E-state index is 0.0736. The van der Waals surface area contributed by atoms with Gasteiger partial charge in [-0.2, -0.15) is 0 Å². The van der Waals surface area contributed by atoms with Crippen LogP contribution < -0.4 is 0 Å². The molecule has 0 bridgehead atoms. The van der Waals surface area contributed by atoms with E-state index in [-0.39, 0.29) is 5.78 Å². The standard InChI is InChI=1S/C13H12N2O/c16-13(12-5-1-2-9-15-12)7-6-11-4-3-8-14-10-11/h1-5,8-10H,6-7H2. The molecule has 0 amide bonds. The van der Waals surface area contributed by atoms with E-state index in [1.165, 1.54) is 0 Å². The van der Waals surface area contributed by atoms with Crippen molar-refractivity contribution in [3.05, 3.63) is 60.2 Å². The first-order valence-electron chi connectivity index (χ1n) is 5.19. The summed E-state index contributed by atoms with van der Waals surface area (Å²) in [6, 6.07) is 9.22. The third kappa shape index (κ3) is 2.73. The fourth-order valence-electron chi connectivity index (χ4n) is 1.46. The fourth-order valence-corrected chi connectivity index (χ4v) is 1.46. The van der Waals surface area contributed by atoms with Crippen molar-refractivity contribution in [2.45, 2.75) is 12.8 Å². The van der Waals surface area contributed by atoms with E-state index in [2.05, 4.69) is 9.97 Å². The number of hydrogen-bond donors (Lipinski definition) is 0. The average Bonchev–Trinajstić information content (AvgIpc) is 2.38. The molecule has 0 saturated heterocycles. The van der Waals surface area contributed by atoms with Crippen molar-refractivity contribution in [2.24, 2.45) is 0 Å². The van der Waals surface area contributed by atoms with Crippen LogP contribution in [0.2, 0.25) is 0 Å². The lowest BCUT2D eigenvalue weighted by molar-refractivity contribution is 0.0978. The van der Waals surface area contributed by atoms with E-state index in [1.54, 1.807) is 30.7 Å². The highest BCUT2D eigenvalue weighted by atomic mass is 16.1. The SMILES string of the molecule is O=C(CCc1cccnc1)c1ccccn1. The van der Waals surface area contributed by atoms with Crippen LogP contribution in [0.1, 0.15) is 22.5 Å². The number of aryl methyl sites for hydroxylation is 1. The molecule has 0 saturated carbocycles. The molecular formula is C13H12N2O. The van der Waals surface area contributed by atoms with E-state index in [1.807, 2.05) is 18.2 Å². The van der Waals surface area contributed by atoms with Gasteiger partial charge < -0.3 is 0 Å². The topological polar surface area (TPSA) is 42.9 Å². The number of aromatic nitrogens is 2. The number of ketones is 1. The van der Waals surface area contributed by atoms with Gasteiger partial charge in [0.1, 0.15) is 5.69 Å². The maximum absolute atomic E-state index is 11.7. The van der Waals surface area contributed by atoms with Gasteiger partial charge in [0.15, 0.2) is 5.78 Å². The Morgan fingerprint density at radius 1 is 1.12 bits per heavy atom. The Labute approximate surface area is 94.2 Å². The zero-order chi connectivity index (χ0) is 11.2. The minimum atomic E-state index is 0.0736. The summed E-state index contributed by atoms with van der Waals surface area (Å²) in [5.74, 6) is 0.0736. The van der Waals surface area contributed by atoms with Crippen molar-refractivity contribution in [3.8, 4) is 0 Å². The van der Waals surface area contributed by atoms with E-state index in [0.717, 1.165) is 5.56 Å². The molecule has 3 heteroatoms. The van der Waals surface area contributed by atoms with Gasteiger partial charge in [-0.25, -0.2) is 0 Å². The van der Waals surface area contributed by atoms with Crippen molar-refractivity contribution in [3.63, 3.8) is 0 Å². The van der Waals surface area contributed by atoms with Crippen LogP contribution in [0.4, 0.5) is 0 Å². The van der Waals surface area contributed by atoms with Gasteiger partial charge in [0.25, 0.3) is 0 Å². The number of rotatable bonds is 4. The van der Waals surface area contributed by atoms with Crippen LogP contribution in [0.5, 0.6) is 0 Å². The molecule has 0 atom stereocenters. The first-order valence-corrected chi connectivity index (χ1v) is 5.19. The molecule has 2 aromatic heterocycles. The van der Waals surface area contributed by atoms with Gasteiger partial charge in [0, 0.05) is 25.0 Å². The Morgan fingerprint density at radius 2 is 2.06 bits per heavy atom. The van der Waals surface area contributed by atoms with Crippen molar-refractivity contribution < 1.29 is 4.79 Å². The van der Waals surface area contributed by atoms with Crippen molar-refractivity contribution in [1.29, 1.82) is 0 Å². The van der Waals surface area contributed by atoms with Gasteiger partial charge >= 0.3 is 0 Å². The zero-order valence-corrected chi connectivity index (χ0v) is 8.84. The fraction of sp³-hybridized carbons (Fsp3) is 0.154. The predicted octanol–water partition coefficient (Wildman–Crippen LogP) is 2.29. The van der Waals surface area contributed by atoms with E-state index < -0.39 is 0 Å². The molecule has 3 nitrogen and oxygen atoms in total. The largest absolute Gasteiger partial charge is 0.292 e. The van der Waals surface area contributed by atoms with Crippen molar-refractivity contribution in [1.82, 2.24) is 9.97 Å². The maximum Gasteiger partial charge on any atom is 0.181 e. The Hall–Kier alpha value is -2.03. The number of Topliss-reactive ketones (excluding diaryl/α,β-unsaturated/α-hetero) is 1. The molecule has 0 unspecified atom stereocenters. The van der Waals surface area contributed by atoms with E-state index in [9.17, 15) is 4.79 Å². The summed E-state index contributed by atoms with van der Waals surface area (Å²) in [4.78, 5) is 19.8. The van der Waals surface area contributed by atoms with Gasteiger partial charge in [-0.05, 0) is 30.2 Å².